The zero-order valence-electron chi connectivity index (χ0n) is 14.7. The second kappa shape index (κ2) is 6.59. The second-order valence-corrected chi connectivity index (χ2v) is 8.46. The third-order valence-electron chi connectivity index (χ3n) is 5.72. The topological polar surface area (TPSA) is 51.0 Å². The highest BCUT2D eigenvalue weighted by Crippen LogP contribution is 2.43. The minimum Gasteiger partial charge on any atom is -0.300 e. The van der Waals surface area contributed by atoms with Gasteiger partial charge in [-0.15, -0.1) is 11.3 Å². The molecule has 134 valence electrons. The highest BCUT2D eigenvalue weighted by atomic mass is 32.1. The quantitative estimate of drug-likeness (QED) is 0.711. The Morgan fingerprint density at radius 2 is 1.92 bits per heavy atom. The zero-order chi connectivity index (χ0) is 17.5. The largest absolute Gasteiger partial charge is 0.300 e. The van der Waals surface area contributed by atoms with Gasteiger partial charge in [-0.3, -0.25) is 4.79 Å². The molecule has 0 N–H and O–H groups in total. The molecule has 0 spiro atoms. The average molecular weight is 366 g/mol. The maximum atomic E-state index is 12.0. The van der Waals surface area contributed by atoms with Crippen molar-refractivity contribution in [3.63, 3.8) is 0 Å². The fraction of sp³-hybridized carbons (Fsp3) is 0.450. The van der Waals surface area contributed by atoms with Crippen molar-refractivity contribution in [2.24, 2.45) is 0 Å². The van der Waals surface area contributed by atoms with Crippen molar-refractivity contribution in [2.75, 3.05) is 13.1 Å². The predicted molar refractivity (Wildman–Crippen MR) is 104 cm³/mol. The van der Waals surface area contributed by atoms with Crippen molar-refractivity contribution in [1.82, 2.24) is 19.7 Å². The summed E-state index contributed by atoms with van der Waals surface area (Å²) in [7, 11) is 0. The van der Waals surface area contributed by atoms with Gasteiger partial charge in [0.1, 0.15) is 0 Å². The minimum atomic E-state index is -0.111. The smallest absolute Gasteiger partial charge is 0.271 e. The Kier molecular flexibility index (Phi) is 4.10. The third-order valence-corrected chi connectivity index (χ3v) is 6.90. The highest BCUT2D eigenvalue weighted by molar-refractivity contribution is 7.18. The number of aromatic nitrogens is 3. The Labute approximate surface area is 156 Å². The van der Waals surface area contributed by atoms with Gasteiger partial charge in [0, 0.05) is 24.2 Å². The molecule has 5 rings (SSSR count). The van der Waals surface area contributed by atoms with Crippen LogP contribution in [0.5, 0.6) is 0 Å². The van der Waals surface area contributed by atoms with E-state index in [0.717, 1.165) is 21.9 Å². The van der Waals surface area contributed by atoms with Crippen LogP contribution in [0.4, 0.5) is 0 Å². The maximum Gasteiger partial charge on any atom is 0.271 e. The van der Waals surface area contributed by atoms with E-state index >= 15 is 0 Å². The lowest BCUT2D eigenvalue weighted by atomic mass is 9.79. The van der Waals surface area contributed by atoms with E-state index in [4.69, 9.17) is 4.98 Å². The molecule has 26 heavy (non-hydrogen) atoms. The summed E-state index contributed by atoms with van der Waals surface area (Å²) in [5, 5.41) is 5.42. The first kappa shape index (κ1) is 16.1. The molecule has 1 aromatic carbocycles. The summed E-state index contributed by atoms with van der Waals surface area (Å²) in [6, 6.07) is 9.92. The van der Waals surface area contributed by atoms with E-state index in [1.54, 1.807) is 23.6 Å². The van der Waals surface area contributed by atoms with Gasteiger partial charge in [0.15, 0.2) is 0 Å². The lowest BCUT2D eigenvalue weighted by Gasteiger charge is -2.43. The lowest BCUT2D eigenvalue weighted by Crippen LogP contribution is -2.46. The van der Waals surface area contributed by atoms with Crippen LogP contribution in [-0.4, -0.2) is 38.8 Å². The number of likely N-dealkylation sites (tertiary alicyclic amines) is 1. The fourth-order valence-corrected chi connectivity index (χ4v) is 5.29. The summed E-state index contributed by atoms with van der Waals surface area (Å²) >= 11 is 1.77. The molecule has 2 fully saturated rings. The van der Waals surface area contributed by atoms with E-state index < -0.39 is 0 Å². The van der Waals surface area contributed by atoms with Gasteiger partial charge in [0.25, 0.3) is 5.56 Å². The second-order valence-electron chi connectivity index (χ2n) is 7.40. The maximum absolute atomic E-state index is 12.0. The molecule has 5 nitrogen and oxygen atoms in total. The van der Waals surface area contributed by atoms with E-state index in [-0.39, 0.29) is 5.56 Å². The molecule has 0 amide bonds. The van der Waals surface area contributed by atoms with Gasteiger partial charge in [0.2, 0.25) is 0 Å². The van der Waals surface area contributed by atoms with Gasteiger partial charge in [-0.1, -0.05) is 6.42 Å². The van der Waals surface area contributed by atoms with Crippen LogP contribution < -0.4 is 5.56 Å². The van der Waals surface area contributed by atoms with Crippen molar-refractivity contribution in [3.8, 4) is 5.69 Å². The van der Waals surface area contributed by atoms with Gasteiger partial charge in [-0.25, -0.2) is 4.98 Å². The number of piperidine rings is 1. The number of hydrogen-bond acceptors (Lipinski definition) is 5. The molecule has 1 aliphatic heterocycles. The number of nitrogens with zero attached hydrogens (tertiary/aromatic N) is 4. The molecule has 0 bridgehead atoms. The molecule has 6 heteroatoms. The van der Waals surface area contributed by atoms with Gasteiger partial charge in [-0.2, -0.15) is 9.78 Å². The molecule has 0 radical (unpaired) electrons. The van der Waals surface area contributed by atoms with Gasteiger partial charge < -0.3 is 4.90 Å². The standard InChI is InChI=1S/C20H22N4OS/c25-19-5-4-8-21-24(19)15-6-7-17-18(13-15)26-20(22-17)14-11-16(12-14)23-9-2-1-3-10-23/h4-8,13-14,16H,1-3,9-12H2. The SMILES string of the molecule is O=c1cccnn1-c1ccc2nc(C3CC(N4CCCCC4)C3)sc2c1. The van der Waals surface area contributed by atoms with Crippen LogP contribution in [0, 0.1) is 0 Å². The van der Waals surface area contributed by atoms with Gasteiger partial charge in [-0.05, 0) is 63.0 Å². The normalized spacial score (nSPS) is 23.8. The summed E-state index contributed by atoms with van der Waals surface area (Å²) < 4.78 is 2.57. The Morgan fingerprint density at radius 3 is 2.73 bits per heavy atom. The summed E-state index contributed by atoms with van der Waals surface area (Å²) in [4.78, 5) is 19.5. The average Bonchev–Trinajstić information content (AvgIpc) is 3.04. The van der Waals surface area contributed by atoms with Crippen molar-refractivity contribution in [3.05, 3.63) is 51.9 Å². The van der Waals surface area contributed by atoms with Crippen LogP contribution >= 0.6 is 11.3 Å². The number of rotatable bonds is 3. The van der Waals surface area contributed by atoms with Crippen LogP contribution in [0.1, 0.15) is 43.0 Å². The fourth-order valence-electron chi connectivity index (χ4n) is 4.16. The van der Waals surface area contributed by atoms with E-state index in [9.17, 15) is 4.79 Å². The van der Waals surface area contributed by atoms with E-state index in [1.165, 1.54) is 60.9 Å². The Bertz CT molecular complexity index is 983. The molecular formula is C20H22N4OS. The van der Waals surface area contributed by atoms with Crippen molar-refractivity contribution in [1.29, 1.82) is 0 Å². The summed E-state index contributed by atoms with van der Waals surface area (Å²) in [6.45, 7) is 2.55. The van der Waals surface area contributed by atoms with Crippen molar-refractivity contribution < 1.29 is 0 Å². The number of thiazole rings is 1. The molecule has 3 aromatic rings. The summed E-state index contributed by atoms with van der Waals surface area (Å²) in [6.07, 6.45) is 8.24. The van der Waals surface area contributed by atoms with Crippen LogP contribution in [0.25, 0.3) is 15.9 Å². The van der Waals surface area contributed by atoms with Crippen molar-refractivity contribution >= 4 is 21.6 Å². The van der Waals surface area contributed by atoms with Gasteiger partial charge >= 0.3 is 0 Å². The predicted octanol–water partition coefficient (Wildman–Crippen LogP) is 3.57. The minimum absolute atomic E-state index is 0.111. The summed E-state index contributed by atoms with van der Waals surface area (Å²) in [5.74, 6) is 0.598. The molecule has 0 unspecified atom stereocenters. The molecule has 0 atom stereocenters. The molecule has 1 saturated heterocycles. The number of benzene rings is 1. The van der Waals surface area contributed by atoms with Crippen LogP contribution in [0.2, 0.25) is 0 Å². The van der Waals surface area contributed by atoms with Crippen molar-refractivity contribution in [2.45, 2.75) is 44.1 Å². The molecule has 3 heterocycles. The highest BCUT2D eigenvalue weighted by Gasteiger charge is 2.36. The Balaban J connectivity index is 1.36. The van der Waals surface area contributed by atoms with E-state index in [2.05, 4.69) is 10.00 Å². The molecule has 2 aromatic heterocycles. The number of fused-ring (bicyclic) bond motifs is 1. The first-order valence-corrected chi connectivity index (χ1v) is 10.3. The third kappa shape index (κ3) is 2.87. The van der Waals surface area contributed by atoms with E-state index in [1.807, 2.05) is 18.2 Å². The Hall–Kier alpha value is -2.05. The molecule has 1 saturated carbocycles. The van der Waals surface area contributed by atoms with Gasteiger partial charge in [0.05, 0.1) is 20.9 Å². The Morgan fingerprint density at radius 1 is 1.08 bits per heavy atom. The van der Waals surface area contributed by atoms with E-state index in [0.29, 0.717) is 5.92 Å². The molecule has 2 aliphatic rings. The number of hydrogen-bond donors (Lipinski definition) is 0. The molecule has 1 aliphatic carbocycles. The first-order chi connectivity index (χ1) is 12.8. The summed E-state index contributed by atoms with van der Waals surface area (Å²) in [5.41, 5.74) is 1.72. The van der Waals surface area contributed by atoms with Crippen LogP contribution in [0.15, 0.2) is 41.3 Å². The monoisotopic (exact) mass is 366 g/mol. The molecular weight excluding hydrogens is 344 g/mol. The lowest BCUT2D eigenvalue weighted by molar-refractivity contribution is 0.0888. The zero-order valence-corrected chi connectivity index (χ0v) is 15.5. The van der Waals surface area contributed by atoms with Crippen LogP contribution in [0.3, 0.4) is 0 Å². The first-order valence-electron chi connectivity index (χ1n) is 9.47. The van der Waals surface area contributed by atoms with Crippen LogP contribution in [-0.2, 0) is 0 Å².